The van der Waals surface area contributed by atoms with Crippen molar-refractivity contribution in [2.45, 2.75) is 19.8 Å². The van der Waals surface area contributed by atoms with E-state index in [1.807, 2.05) is 24.3 Å². The number of nitro groups is 1. The molecule has 2 aromatic carbocycles. The minimum atomic E-state index is -0.513. The van der Waals surface area contributed by atoms with Gasteiger partial charge >= 0.3 is 0 Å². The van der Waals surface area contributed by atoms with E-state index in [4.69, 9.17) is 0 Å². The first-order valence-electron chi connectivity index (χ1n) is 7.15. The summed E-state index contributed by atoms with van der Waals surface area (Å²) >= 11 is 0. The molecule has 6 heteroatoms. The predicted molar refractivity (Wildman–Crippen MR) is 88.7 cm³/mol. The van der Waals surface area contributed by atoms with Gasteiger partial charge in [0.15, 0.2) is 0 Å². The zero-order chi connectivity index (χ0) is 16.8. The Morgan fingerprint density at radius 2 is 1.74 bits per heavy atom. The van der Waals surface area contributed by atoms with Crippen LogP contribution in [0.2, 0.25) is 0 Å². The van der Waals surface area contributed by atoms with E-state index < -0.39 is 10.8 Å². The molecule has 2 aromatic rings. The summed E-state index contributed by atoms with van der Waals surface area (Å²) in [6, 6.07) is 13.2. The predicted octanol–water partition coefficient (Wildman–Crippen LogP) is 3.48. The van der Waals surface area contributed by atoms with Crippen molar-refractivity contribution in [3.05, 3.63) is 75.3 Å². The molecule has 0 aromatic heterocycles. The summed E-state index contributed by atoms with van der Waals surface area (Å²) in [5, 5.41) is 14.4. The Morgan fingerprint density at radius 3 is 2.26 bits per heavy atom. The van der Waals surface area contributed by atoms with E-state index >= 15 is 0 Å². The van der Waals surface area contributed by atoms with Crippen LogP contribution in [-0.4, -0.2) is 17.0 Å². The summed E-state index contributed by atoms with van der Waals surface area (Å²) in [4.78, 5) is 21.9. The highest BCUT2D eigenvalue weighted by molar-refractivity contribution is 5.95. The van der Waals surface area contributed by atoms with E-state index in [-0.39, 0.29) is 5.69 Å². The Balaban J connectivity index is 1.96. The first kappa shape index (κ1) is 16.4. The molecule has 0 unspecified atom stereocenters. The summed E-state index contributed by atoms with van der Waals surface area (Å²) in [7, 11) is 0. The molecule has 23 heavy (non-hydrogen) atoms. The van der Waals surface area contributed by atoms with Crippen LogP contribution in [0.5, 0.6) is 0 Å². The molecule has 0 radical (unpaired) electrons. The monoisotopic (exact) mass is 311 g/mol. The van der Waals surface area contributed by atoms with E-state index in [0.29, 0.717) is 11.5 Å². The number of hydrogen-bond donors (Lipinski definition) is 1. The number of benzene rings is 2. The lowest BCUT2D eigenvalue weighted by Gasteiger charge is -2.04. The summed E-state index contributed by atoms with van der Waals surface area (Å²) in [5.74, 6) is 0.0396. The van der Waals surface area contributed by atoms with Gasteiger partial charge in [-0.1, -0.05) is 38.1 Å². The van der Waals surface area contributed by atoms with Crippen LogP contribution in [0.25, 0.3) is 0 Å². The van der Waals surface area contributed by atoms with Crippen LogP contribution in [0.3, 0.4) is 0 Å². The fraction of sp³-hybridized carbons (Fsp3) is 0.176. The SMILES string of the molecule is CC(C)c1ccc(/C=N/NC(=O)c2ccc([N+](=O)[O-])cc2)cc1. The third-order valence-corrected chi connectivity index (χ3v) is 3.32. The highest BCUT2D eigenvalue weighted by Crippen LogP contribution is 2.14. The van der Waals surface area contributed by atoms with E-state index in [9.17, 15) is 14.9 Å². The maximum absolute atomic E-state index is 11.9. The molecule has 118 valence electrons. The van der Waals surface area contributed by atoms with E-state index in [1.165, 1.54) is 29.8 Å². The Labute approximate surface area is 134 Å². The Bertz CT molecular complexity index is 720. The molecule has 0 spiro atoms. The van der Waals surface area contributed by atoms with Crippen molar-refractivity contribution in [3.8, 4) is 0 Å². The maximum atomic E-state index is 11.9. The second-order valence-electron chi connectivity index (χ2n) is 5.32. The molecule has 0 aliphatic heterocycles. The van der Waals surface area contributed by atoms with Gasteiger partial charge < -0.3 is 0 Å². The normalized spacial score (nSPS) is 10.9. The van der Waals surface area contributed by atoms with Crippen molar-refractivity contribution in [3.63, 3.8) is 0 Å². The van der Waals surface area contributed by atoms with Crippen molar-refractivity contribution in [2.24, 2.45) is 5.10 Å². The molecule has 0 bridgehead atoms. The number of hydrogen-bond acceptors (Lipinski definition) is 4. The first-order chi connectivity index (χ1) is 11.0. The second-order valence-corrected chi connectivity index (χ2v) is 5.32. The number of nitro benzene ring substituents is 1. The van der Waals surface area contributed by atoms with Gasteiger partial charge in [-0.15, -0.1) is 0 Å². The molecule has 0 fully saturated rings. The van der Waals surface area contributed by atoms with Crippen molar-refractivity contribution in [1.29, 1.82) is 0 Å². The number of carbonyl (C=O) groups excluding carboxylic acids is 1. The van der Waals surface area contributed by atoms with Gasteiger partial charge in [0.25, 0.3) is 11.6 Å². The van der Waals surface area contributed by atoms with Crippen LogP contribution in [-0.2, 0) is 0 Å². The molecular weight excluding hydrogens is 294 g/mol. The average molecular weight is 311 g/mol. The number of rotatable bonds is 5. The number of carbonyl (C=O) groups is 1. The van der Waals surface area contributed by atoms with Crippen molar-refractivity contribution in [2.75, 3.05) is 0 Å². The topological polar surface area (TPSA) is 84.6 Å². The average Bonchev–Trinajstić information content (AvgIpc) is 2.55. The molecule has 2 rings (SSSR count). The van der Waals surface area contributed by atoms with E-state index in [0.717, 1.165) is 5.56 Å². The maximum Gasteiger partial charge on any atom is 0.271 e. The van der Waals surface area contributed by atoms with Gasteiger partial charge in [0.05, 0.1) is 11.1 Å². The third-order valence-electron chi connectivity index (χ3n) is 3.32. The van der Waals surface area contributed by atoms with Crippen LogP contribution < -0.4 is 5.43 Å². The summed E-state index contributed by atoms with van der Waals surface area (Å²) < 4.78 is 0. The number of amides is 1. The zero-order valence-electron chi connectivity index (χ0n) is 12.9. The third kappa shape index (κ3) is 4.47. The number of nitrogens with one attached hydrogen (secondary N) is 1. The largest absolute Gasteiger partial charge is 0.271 e. The van der Waals surface area contributed by atoms with Crippen molar-refractivity contribution in [1.82, 2.24) is 5.43 Å². The molecule has 0 atom stereocenters. The lowest BCUT2D eigenvalue weighted by atomic mass is 10.0. The molecule has 0 aliphatic carbocycles. The lowest BCUT2D eigenvalue weighted by molar-refractivity contribution is -0.384. The summed E-state index contributed by atoms with van der Waals surface area (Å²) in [6.07, 6.45) is 1.55. The Morgan fingerprint density at radius 1 is 1.13 bits per heavy atom. The van der Waals surface area contributed by atoms with Gasteiger partial charge in [-0.05, 0) is 29.2 Å². The molecular formula is C17H17N3O3. The van der Waals surface area contributed by atoms with Gasteiger partial charge in [0.2, 0.25) is 0 Å². The van der Waals surface area contributed by atoms with Crippen LogP contribution in [0, 0.1) is 10.1 Å². The molecule has 0 saturated carbocycles. The lowest BCUT2D eigenvalue weighted by Crippen LogP contribution is -2.17. The fourth-order valence-corrected chi connectivity index (χ4v) is 1.93. The van der Waals surface area contributed by atoms with E-state index in [2.05, 4.69) is 24.4 Å². The molecule has 1 amide bonds. The molecule has 1 N–H and O–H groups in total. The van der Waals surface area contributed by atoms with Crippen LogP contribution in [0.1, 0.15) is 41.3 Å². The van der Waals surface area contributed by atoms with Crippen molar-refractivity contribution < 1.29 is 9.72 Å². The van der Waals surface area contributed by atoms with Gasteiger partial charge in [-0.25, -0.2) is 5.43 Å². The Hall–Kier alpha value is -3.02. The standard InChI is InChI=1S/C17H17N3O3/c1-12(2)14-5-3-13(4-6-14)11-18-19-17(21)15-7-9-16(10-8-15)20(22)23/h3-12H,1-2H3,(H,19,21)/b18-11+. The second kappa shape index (κ2) is 7.31. The minimum absolute atomic E-state index is 0.0599. The molecule has 6 nitrogen and oxygen atoms in total. The van der Waals surface area contributed by atoms with E-state index in [1.54, 1.807) is 6.21 Å². The number of non-ortho nitro benzene ring substituents is 1. The summed E-state index contributed by atoms with van der Waals surface area (Å²) in [5.41, 5.74) is 4.75. The van der Waals surface area contributed by atoms with Crippen molar-refractivity contribution >= 4 is 17.8 Å². The fourth-order valence-electron chi connectivity index (χ4n) is 1.93. The minimum Gasteiger partial charge on any atom is -0.267 e. The zero-order valence-corrected chi connectivity index (χ0v) is 12.9. The molecule has 0 aliphatic rings. The van der Waals surface area contributed by atoms with Crippen LogP contribution in [0.4, 0.5) is 5.69 Å². The van der Waals surface area contributed by atoms with Gasteiger partial charge in [-0.2, -0.15) is 5.10 Å². The van der Waals surface area contributed by atoms with Gasteiger partial charge in [-0.3, -0.25) is 14.9 Å². The highest BCUT2D eigenvalue weighted by atomic mass is 16.6. The van der Waals surface area contributed by atoms with Crippen LogP contribution in [0.15, 0.2) is 53.6 Å². The quantitative estimate of drug-likeness (QED) is 0.521. The summed E-state index contributed by atoms with van der Waals surface area (Å²) in [6.45, 7) is 4.24. The molecule has 0 saturated heterocycles. The first-order valence-corrected chi connectivity index (χ1v) is 7.15. The number of nitrogens with zero attached hydrogens (tertiary/aromatic N) is 2. The Kier molecular flexibility index (Phi) is 5.19. The van der Waals surface area contributed by atoms with Gasteiger partial charge in [0, 0.05) is 17.7 Å². The highest BCUT2D eigenvalue weighted by Gasteiger charge is 2.08. The molecule has 0 heterocycles. The number of hydrazone groups is 1. The smallest absolute Gasteiger partial charge is 0.267 e. The van der Waals surface area contributed by atoms with Crippen LogP contribution >= 0.6 is 0 Å². The van der Waals surface area contributed by atoms with Gasteiger partial charge in [0.1, 0.15) is 0 Å².